The molecule has 1 aliphatic carbocycles. The van der Waals surface area contributed by atoms with Crippen LogP contribution in [-0.2, 0) is 0 Å². The Labute approximate surface area is 78.3 Å². The van der Waals surface area contributed by atoms with Crippen LogP contribution < -0.4 is 0 Å². The third-order valence-corrected chi connectivity index (χ3v) is 3.21. The van der Waals surface area contributed by atoms with Crippen molar-refractivity contribution in [2.75, 3.05) is 19.6 Å². The van der Waals surface area contributed by atoms with E-state index in [0.717, 1.165) is 13.1 Å². The number of hydrogen-bond donors (Lipinski definition) is 0. The van der Waals surface area contributed by atoms with Crippen molar-refractivity contribution in [1.29, 1.82) is 5.26 Å². The Morgan fingerprint density at radius 2 is 2.15 bits per heavy atom. The molecule has 2 aliphatic rings. The van der Waals surface area contributed by atoms with Gasteiger partial charge in [-0.25, -0.2) is 4.39 Å². The summed E-state index contributed by atoms with van der Waals surface area (Å²) in [5.41, 5.74) is -1.13. The summed E-state index contributed by atoms with van der Waals surface area (Å²) in [5.74, 6) is 0. The van der Waals surface area contributed by atoms with Crippen molar-refractivity contribution in [2.45, 2.75) is 31.9 Å². The second-order valence-electron chi connectivity index (χ2n) is 4.85. The maximum absolute atomic E-state index is 13.5. The Bertz CT molecular complexity index is 254. The Morgan fingerprint density at radius 3 is 2.62 bits per heavy atom. The van der Waals surface area contributed by atoms with Crippen molar-refractivity contribution < 1.29 is 4.39 Å². The van der Waals surface area contributed by atoms with Gasteiger partial charge in [0.05, 0.1) is 0 Å². The van der Waals surface area contributed by atoms with Crippen LogP contribution in [0.15, 0.2) is 0 Å². The van der Waals surface area contributed by atoms with Crippen molar-refractivity contribution in [2.24, 2.45) is 5.41 Å². The van der Waals surface area contributed by atoms with Crippen LogP contribution in [0.25, 0.3) is 0 Å². The summed E-state index contributed by atoms with van der Waals surface area (Å²) in [6.45, 7) is 4.27. The predicted molar refractivity (Wildman–Crippen MR) is 47.9 cm³/mol. The molecule has 1 unspecified atom stereocenters. The number of rotatable bonds is 2. The summed E-state index contributed by atoms with van der Waals surface area (Å²) in [6.07, 6.45) is 2.91. The quantitative estimate of drug-likeness (QED) is 0.650. The minimum absolute atomic E-state index is 0.319. The molecule has 0 N–H and O–H groups in total. The van der Waals surface area contributed by atoms with Gasteiger partial charge in [0.2, 0.25) is 5.67 Å². The minimum atomic E-state index is -1.56. The fraction of sp³-hybridized carbons (Fsp3) is 0.900. The standard InChI is InChI=1S/C10H15FN2/c1-9(2-3-9)7-13-5-4-10(11,6-12)8-13/h2-5,7-8H2,1H3. The zero-order chi connectivity index (χ0) is 9.53. The van der Waals surface area contributed by atoms with Crippen LogP contribution in [0.3, 0.4) is 0 Å². The first-order valence-electron chi connectivity index (χ1n) is 4.88. The summed E-state index contributed by atoms with van der Waals surface area (Å²) in [4.78, 5) is 2.09. The smallest absolute Gasteiger partial charge is 0.209 e. The van der Waals surface area contributed by atoms with Gasteiger partial charge < -0.3 is 0 Å². The predicted octanol–water partition coefficient (Wildman–Crippen LogP) is 1.72. The lowest BCUT2D eigenvalue weighted by atomic mass is 10.1. The highest BCUT2D eigenvalue weighted by Gasteiger charge is 2.44. The molecule has 1 aliphatic heterocycles. The first-order valence-corrected chi connectivity index (χ1v) is 4.88. The molecular weight excluding hydrogens is 167 g/mol. The van der Waals surface area contributed by atoms with E-state index in [0.29, 0.717) is 18.4 Å². The number of halogens is 1. The molecule has 1 heterocycles. The Kier molecular flexibility index (Phi) is 1.85. The number of nitriles is 1. The third kappa shape index (κ3) is 1.83. The van der Waals surface area contributed by atoms with E-state index in [4.69, 9.17) is 5.26 Å². The van der Waals surface area contributed by atoms with Crippen LogP contribution in [0, 0.1) is 16.7 Å². The largest absolute Gasteiger partial charge is 0.298 e. The molecule has 0 aromatic rings. The van der Waals surface area contributed by atoms with Crippen LogP contribution in [-0.4, -0.2) is 30.2 Å². The van der Waals surface area contributed by atoms with Gasteiger partial charge >= 0.3 is 0 Å². The molecule has 0 radical (unpaired) electrons. The highest BCUT2D eigenvalue weighted by molar-refractivity contribution is 5.08. The number of likely N-dealkylation sites (tertiary alicyclic amines) is 1. The highest BCUT2D eigenvalue weighted by Crippen LogP contribution is 2.46. The zero-order valence-electron chi connectivity index (χ0n) is 8.02. The van der Waals surface area contributed by atoms with Crippen LogP contribution in [0.4, 0.5) is 4.39 Å². The highest BCUT2D eigenvalue weighted by atomic mass is 19.1. The van der Waals surface area contributed by atoms with Crippen molar-refractivity contribution >= 4 is 0 Å². The topological polar surface area (TPSA) is 27.0 Å². The summed E-state index contributed by atoms with van der Waals surface area (Å²) in [5, 5.41) is 8.61. The SMILES string of the molecule is CC1(CN2CCC(F)(C#N)C2)CC1. The molecule has 0 amide bonds. The molecule has 3 heteroatoms. The number of nitrogens with zero attached hydrogens (tertiary/aromatic N) is 2. The van der Waals surface area contributed by atoms with Crippen LogP contribution in [0.1, 0.15) is 26.2 Å². The molecule has 1 atom stereocenters. The van der Waals surface area contributed by atoms with E-state index < -0.39 is 5.67 Å². The molecule has 2 fully saturated rings. The molecule has 0 spiro atoms. The molecule has 72 valence electrons. The lowest BCUT2D eigenvalue weighted by Crippen LogP contribution is -2.31. The average molecular weight is 182 g/mol. The van der Waals surface area contributed by atoms with Gasteiger partial charge in [0.1, 0.15) is 6.07 Å². The molecule has 13 heavy (non-hydrogen) atoms. The van der Waals surface area contributed by atoms with E-state index in [-0.39, 0.29) is 0 Å². The lowest BCUT2D eigenvalue weighted by molar-refractivity contribution is 0.210. The van der Waals surface area contributed by atoms with Gasteiger partial charge in [-0.3, -0.25) is 4.90 Å². The Hall–Kier alpha value is -0.620. The van der Waals surface area contributed by atoms with Crippen LogP contribution >= 0.6 is 0 Å². The van der Waals surface area contributed by atoms with Crippen molar-refractivity contribution in [1.82, 2.24) is 4.90 Å². The summed E-state index contributed by atoms with van der Waals surface area (Å²) < 4.78 is 13.5. The fourth-order valence-corrected chi connectivity index (χ4v) is 1.99. The van der Waals surface area contributed by atoms with Gasteiger partial charge in [0, 0.05) is 26.1 Å². The molecule has 2 rings (SSSR count). The number of hydrogen-bond acceptors (Lipinski definition) is 2. The molecule has 1 saturated heterocycles. The second kappa shape index (κ2) is 2.68. The van der Waals surface area contributed by atoms with E-state index in [1.807, 2.05) is 0 Å². The monoisotopic (exact) mass is 182 g/mol. The van der Waals surface area contributed by atoms with E-state index >= 15 is 0 Å². The maximum Gasteiger partial charge on any atom is 0.209 e. The van der Waals surface area contributed by atoms with E-state index in [9.17, 15) is 4.39 Å². The zero-order valence-corrected chi connectivity index (χ0v) is 8.02. The van der Waals surface area contributed by atoms with Gasteiger partial charge in [-0.1, -0.05) is 6.92 Å². The Balaban J connectivity index is 1.88. The van der Waals surface area contributed by atoms with Crippen LogP contribution in [0.5, 0.6) is 0 Å². The molecular formula is C10H15FN2. The molecule has 1 saturated carbocycles. The van der Waals surface area contributed by atoms with Gasteiger partial charge in [-0.2, -0.15) is 5.26 Å². The van der Waals surface area contributed by atoms with E-state index in [1.165, 1.54) is 12.8 Å². The van der Waals surface area contributed by atoms with Gasteiger partial charge in [-0.05, 0) is 18.3 Å². The van der Waals surface area contributed by atoms with Gasteiger partial charge in [0.15, 0.2) is 0 Å². The minimum Gasteiger partial charge on any atom is -0.298 e. The lowest BCUT2D eigenvalue weighted by Gasteiger charge is -2.19. The van der Waals surface area contributed by atoms with Gasteiger partial charge in [-0.15, -0.1) is 0 Å². The molecule has 0 aromatic carbocycles. The van der Waals surface area contributed by atoms with Crippen molar-refractivity contribution in [3.63, 3.8) is 0 Å². The number of alkyl halides is 1. The van der Waals surface area contributed by atoms with Crippen molar-refractivity contribution in [3.8, 4) is 6.07 Å². The second-order valence-corrected chi connectivity index (χ2v) is 4.85. The molecule has 2 nitrogen and oxygen atoms in total. The van der Waals surface area contributed by atoms with E-state index in [2.05, 4.69) is 11.8 Å². The van der Waals surface area contributed by atoms with Gasteiger partial charge in [0.25, 0.3) is 0 Å². The third-order valence-electron chi connectivity index (χ3n) is 3.21. The summed E-state index contributed by atoms with van der Waals surface area (Å²) in [7, 11) is 0. The summed E-state index contributed by atoms with van der Waals surface area (Å²) in [6, 6.07) is 1.77. The fourth-order valence-electron chi connectivity index (χ4n) is 1.99. The van der Waals surface area contributed by atoms with Crippen LogP contribution in [0.2, 0.25) is 0 Å². The van der Waals surface area contributed by atoms with Crippen molar-refractivity contribution in [3.05, 3.63) is 0 Å². The first kappa shape index (κ1) is 8.96. The molecule has 0 aromatic heterocycles. The maximum atomic E-state index is 13.5. The summed E-state index contributed by atoms with van der Waals surface area (Å²) >= 11 is 0. The average Bonchev–Trinajstić information content (AvgIpc) is 2.68. The Morgan fingerprint density at radius 1 is 1.46 bits per heavy atom. The molecule has 0 bridgehead atoms. The van der Waals surface area contributed by atoms with E-state index in [1.54, 1.807) is 6.07 Å². The normalized spacial score (nSPS) is 37.3. The first-order chi connectivity index (χ1) is 6.05.